The number of hydrogen-bond acceptors (Lipinski definition) is 7. The van der Waals surface area contributed by atoms with Gasteiger partial charge in [0.2, 0.25) is 0 Å². The van der Waals surface area contributed by atoms with Crippen molar-refractivity contribution in [3.8, 4) is 5.75 Å². The summed E-state index contributed by atoms with van der Waals surface area (Å²) in [5, 5.41) is 7.42. The van der Waals surface area contributed by atoms with Crippen LogP contribution in [0.5, 0.6) is 5.75 Å². The molecule has 0 aliphatic carbocycles. The number of aromatic nitrogens is 5. The van der Waals surface area contributed by atoms with Gasteiger partial charge in [0.25, 0.3) is 5.91 Å². The van der Waals surface area contributed by atoms with Gasteiger partial charge >= 0.3 is 0 Å². The minimum atomic E-state index is -0.269. The predicted octanol–water partition coefficient (Wildman–Crippen LogP) is 3.05. The lowest BCUT2D eigenvalue weighted by atomic mass is 10.0. The van der Waals surface area contributed by atoms with E-state index in [4.69, 9.17) is 4.74 Å². The van der Waals surface area contributed by atoms with Gasteiger partial charge in [-0.1, -0.05) is 0 Å². The van der Waals surface area contributed by atoms with Gasteiger partial charge in [-0.3, -0.25) is 9.69 Å². The van der Waals surface area contributed by atoms with Crippen molar-refractivity contribution >= 4 is 22.9 Å². The molecule has 2 N–H and O–H groups in total. The van der Waals surface area contributed by atoms with Crippen LogP contribution in [0.2, 0.25) is 0 Å². The lowest BCUT2D eigenvalue weighted by Crippen LogP contribution is -2.46. The molecule has 10 nitrogen and oxygen atoms in total. The van der Waals surface area contributed by atoms with Crippen LogP contribution in [0.15, 0.2) is 43.0 Å². The van der Waals surface area contributed by atoms with Crippen molar-refractivity contribution in [2.24, 2.45) is 0 Å². The van der Waals surface area contributed by atoms with E-state index in [9.17, 15) is 4.79 Å². The standard InChI is InChI=1S/C26H30N8O2/c1-17-14-28-23(30-17)16-32-7-9-33(10-8-32)21-12-22-18(13-26(2,3)36-22)11-20(21)31-25(35)19-15-29-34-6-4-5-27-24(19)34/h4-6,11-12,14-15H,7-10,13,16H2,1-3H3,(H,28,30)(H,31,35). The Hall–Kier alpha value is -3.92. The minimum absolute atomic E-state index is 0.227. The zero-order valence-corrected chi connectivity index (χ0v) is 20.8. The van der Waals surface area contributed by atoms with Gasteiger partial charge in [-0.15, -0.1) is 0 Å². The van der Waals surface area contributed by atoms with Crippen molar-refractivity contribution in [1.29, 1.82) is 0 Å². The van der Waals surface area contributed by atoms with Gasteiger partial charge in [-0.2, -0.15) is 5.10 Å². The van der Waals surface area contributed by atoms with E-state index in [2.05, 4.69) is 61.1 Å². The number of aromatic amines is 1. The molecule has 2 aliphatic heterocycles. The molecule has 6 rings (SSSR count). The highest BCUT2D eigenvalue weighted by Gasteiger charge is 2.32. The van der Waals surface area contributed by atoms with Crippen LogP contribution >= 0.6 is 0 Å². The number of ether oxygens (including phenoxy) is 1. The number of nitrogens with one attached hydrogen (secondary N) is 2. The van der Waals surface area contributed by atoms with E-state index in [1.165, 1.54) is 0 Å². The monoisotopic (exact) mass is 486 g/mol. The number of H-pyrrole nitrogens is 1. The molecule has 1 saturated heterocycles. The molecule has 0 unspecified atom stereocenters. The molecule has 2 aliphatic rings. The number of rotatable bonds is 5. The van der Waals surface area contributed by atoms with Crippen LogP contribution in [-0.2, 0) is 13.0 Å². The summed E-state index contributed by atoms with van der Waals surface area (Å²) < 4.78 is 7.84. The largest absolute Gasteiger partial charge is 0.487 e. The van der Waals surface area contributed by atoms with Gasteiger partial charge in [0.05, 0.1) is 24.1 Å². The number of nitrogens with zero attached hydrogens (tertiary/aromatic N) is 6. The maximum atomic E-state index is 13.3. The highest BCUT2D eigenvalue weighted by Crippen LogP contribution is 2.42. The highest BCUT2D eigenvalue weighted by atomic mass is 16.5. The van der Waals surface area contributed by atoms with Gasteiger partial charge in [0, 0.05) is 68.5 Å². The van der Waals surface area contributed by atoms with Crippen molar-refractivity contribution in [3.05, 3.63) is 65.6 Å². The normalized spacial score (nSPS) is 17.2. The molecule has 10 heteroatoms. The molecule has 186 valence electrons. The van der Waals surface area contributed by atoms with E-state index in [0.717, 1.165) is 73.4 Å². The van der Waals surface area contributed by atoms with Crippen LogP contribution in [0.25, 0.3) is 5.65 Å². The molecular formula is C26H30N8O2. The van der Waals surface area contributed by atoms with E-state index in [0.29, 0.717) is 11.2 Å². The van der Waals surface area contributed by atoms with E-state index in [1.807, 2.05) is 13.1 Å². The molecule has 3 aromatic heterocycles. The summed E-state index contributed by atoms with van der Waals surface area (Å²) in [5.74, 6) is 1.65. The summed E-state index contributed by atoms with van der Waals surface area (Å²) in [7, 11) is 0. The molecule has 0 bridgehead atoms. The molecule has 4 aromatic rings. The molecule has 1 aromatic carbocycles. The van der Waals surface area contributed by atoms with Crippen molar-refractivity contribution in [3.63, 3.8) is 0 Å². The summed E-state index contributed by atoms with van der Waals surface area (Å²) >= 11 is 0. The van der Waals surface area contributed by atoms with Crippen molar-refractivity contribution in [1.82, 2.24) is 29.5 Å². The molecule has 1 amide bonds. The molecular weight excluding hydrogens is 456 g/mol. The second-order valence-corrected chi connectivity index (χ2v) is 10.2. The van der Waals surface area contributed by atoms with Crippen LogP contribution in [0.3, 0.4) is 0 Å². The molecule has 1 fully saturated rings. The Morgan fingerprint density at radius 2 is 2.00 bits per heavy atom. The summed E-state index contributed by atoms with van der Waals surface area (Å²) in [6.07, 6.45) is 7.67. The van der Waals surface area contributed by atoms with Crippen LogP contribution < -0.4 is 15.0 Å². The van der Waals surface area contributed by atoms with Crippen LogP contribution in [0.4, 0.5) is 11.4 Å². The summed E-state index contributed by atoms with van der Waals surface area (Å²) in [6, 6.07) is 5.93. The first-order chi connectivity index (χ1) is 17.3. The third kappa shape index (κ3) is 4.28. The number of amides is 1. The number of aryl methyl sites for hydroxylation is 1. The Balaban J connectivity index is 1.26. The van der Waals surface area contributed by atoms with Gasteiger partial charge in [0.1, 0.15) is 22.7 Å². The topological polar surface area (TPSA) is 104 Å². The van der Waals surface area contributed by atoms with Crippen LogP contribution in [-0.4, -0.2) is 67.2 Å². The molecule has 36 heavy (non-hydrogen) atoms. The third-order valence-electron chi connectivity index (χ3n) is 6.80. The minimum Gasteiger partial charge on any atom is -0.487 e. The summed E-state index contributed by atoms with van der Waals surface area (Å²) in [4.78, 5) is 30.1. The Morgan fingerprint density at radius 1 is 1.17 bits per heavy atom. The lowest BCUT2D eigenvalue weighted by Gasteiger charge is -2.36. The maximum absolute atomic E-state index is 13.3. The van der Waals surface area contributed by atoms with Crippen molar-refractivity contribution in [2.45, 2.75) is 39.3 Å². The second-order valence-electron chi connectivity index (χ2n) is 10.2. The first kappa shape index (κ1) is 22.5. The van der Waals surface area contributed by atoms with E-state index < -0.39 is 0 Å². The average Bonchev–Trinajstić information content (AvgIpc) is 3.54. The zero-order valence-electron chi connectivity index (χ0n) is 20.8. The second kappa shape index (κ2) is 8.63. The molecule has 0 saturated carbocycles. The molecule has 0 radical (unpaired) electrons. The number of benzene rings is 1. The van der Waals surface area contributed by atoms with Crippen LogP contribution in [0, 0.1) is 6.92 Å². The molecule has 5 heterocycles. The first-order valence-electron chi connectivity index (χ1n) is 12.3. The Labute approximate surface area is 209 Å². The van der Waals surface area contributed by atoms with Gasteiger partial charge in [-0.25, -0.2) is 14.5 Å². The zero-order chi connectivity index (χ0) is 24.9. The van der Waals surface area contributed by atoms with Crippen molar-refractivity contribution in [2.75, 3.05) is 36.4 Å². The summed E-state index contributed by atoms with van der Waals surface area (Å²) in [5.41, 5.74) is 4.63. The SMILES string of the molecule is Cc1cnc(CN2CCN(c3cc4c(cc3NC(=O)c3cnn5cccnc35)CC(C)(C)O4)CC2)[nH]1. The maximum Gasteiger partial charge on any atom is 0.261 e. The number of carbonyl (C=O) groups excluding carboxylic acids is 1. The number of hydrogen-bond donors (Lipinski definition) is 2. The van der Waals surface area contributed by atoms with Crippen LogP contribution in [0.1, 0.15) is 41.3 Å². The molecule has 0 spiro atoms. The van der Waals surface area contributed by atoms with Crippen molar-refractivity contribution < 1.29 is 9.53 Å². The molecule has 0 atom stereocenters. The number of fused-ring (bicyclic) bond motifs is 2. The fraction of sp³-hybridized carbons (Fsp3) is 0.385. The number of carbonyl (C=O) groups is 1. The van der Waals surface area contributed by atoms with Gasteiger partial charge in [0.15, 0.2) is 5.65 Å². The predicted molar refractivity (Wildman–Crippen MR) is 137 cm³/mol. The quantitative estimate of drug-likeness (QED) is 0.447. The van der Waals surface area contributed by atoms with E-state index in [-0.39, 0.29) is 11.5 Å². The van der Waals surface area contributed by atoms with E-state index >= 15 is 0 Å². The third-order valence-corrected chi connectivity index (χ3v) is 6.80. The first-order valence-corrected chi connectivity index (χ1v) is 12.3. The van der Waals surface area contributed by atoms with Gasteiger partial charge < -0.3 is 19.9 Å². The van der Waals surface area contributed by atoms with E-state index in [1.54, 1.807) is 29.2 Å². The average molecular weight is 487 g/mol. The number of anilines is 2. The summed E-state index contributed by atoms with van der Waals surface area (Å²) in [6.45, 7) is 10.5. The fourth-order valence-corrected chi connectivity index (χ4v) is 5.08. The smallest absolute Gasteiger partial charge is 0.261 e. The number of piperazine rings is 1. The Morgan fingerprint density at radius 3 is 2.78 bits per heavy atom. The lowest BCUT2D eigenvalue weighted by molar-refractivity contribution is 0.102. The van der Waals surface area contributed by atoms with Gasteiger partial charge in [-0.05, 0) is 32.9 Å². The number of imidazole rings is 1. The fourth-order valence-electron chi connectivity index (χ4n) is 5.08. The Bertz CT molecular complexity index is 1430. The highest BCUT2D eigenvalue weighted by molar-refractivity contribution is 6.09. The Kier molecular flexibility index (Phi) is 5.40.